The lowest BCUT2D eigenvalue weighted by Crippen LogP contribution is -2.18. The van der Waals surface area contributed by atoms with E-state index in [2.05, 4.69) is 0 Å². The lowest BCUT2D eigenvalue weighted by molar-refractivity contribution is -0.384. The van der Waals surface area contributed by atoms with Gasteiger partial charge in [0.1, 0.15) is 11.8 Å². The van der Waals surface area contributed by atoms with Crippen LogP contribution in [0.2, 0.25) is 0 Å². The second kappa shape index (κ2) is 4.78. The van der Waals surface area contributed by atoms with Gasteiger partial charge in [0.2, 0.25) is 0 Å². The van der Waals surface area contributed by atoms with Gasteiger partial charge in [-0.1, -0.05) is 6.07 Å². The Morgan fingerprint density at radius 2 is 2.12 bits per heavy atom. The van der Waals surface area contributed by atoms with Crippen LogP contribution in [0.4, 0.5) is 11.4 Å². The molecule has 0 radical (unpaired) electrons. The Hall–Kier alpha value is -2.17. The zero-order valence-corrected chi connectivity index (χ0v) is 8.99. The molecule has 0 fully saturated rings. The van der Waals surface area contributed by atoms with Crippen molar-refractivity contribution in [2.45, 2.75) is 19.1 Å². The van der Waals surface area contributed by atoms with Crippen LogP contribution in [0.5, 0.6) is 0 Å². The SMILES string of the molecule is Cc1cc(C(O)C(O)C#N)c(N)c([N+](=O)[O-])c1. The summed E-state index contributed by atoms with van der Waals surface area (Å²) in [5, 5.41) is 38.0. The van der Waals surface area contributed by atoms with Crippen LogP contribution < -0.4 is 5.73 Å². The molecular formula is C10H11N3O4. The molecule has 90 valence electrons. The molecule has 2 atom stereocenters. The standard InChI is InChI=1S/C10H11N3O4/c1-5-2-6(10(15)8(14)4-11)9(12)7(3-5)13(16)17/h2-3,8,10,14-15H,12H2,1H3. The Kier molecular flexibility index (Phi) is 3.62. The normalized spacial score (nSPS) is 13.8. The Bertz CT molecular complexity index is 495. The smallest absolute Gasteiger partial charge is 0.292 e. The van der Waals surface area contributed by atoms with Crippen molar-refractivity contribution in [2.75, 3.05) is 5.73 Å². The number of rotatable bonds is 3. The first-order valence-electron chi connectivity index (χ1n) is 4.68. The number of aryl methyl sites for hydroxylation is 1. The van der Waals surface area contributed by atoms with Crippen LogP contribution in [0, 0.1) is 28.4 Å². The average molecular weight is 237 g/mol. The largest absolute Gasteiger partial charge is 0.393 e. The molecule has 0 bridgehead atoms. The zero-order chi connectivity index (χ0) is 13.2. The van der Waals surface area contributed by atoms with Crippen molar-refractivity contribution >= 4 is 11.4 Å². The van der Waals surface area contributed by atoms with E-state index < -0.39 is 17.1 Å². The van der Waals surface area contributed by atoms with Crippen molar-refractivity contribution in [2.24, 2.45) is 0 Å². The third-order valence-corrected chi connectivity index (χ3v) is 2.28. The van der Waals surface area contributed by atoms with Crippen molar-refractivity contribution in [3.05, 3.63) is 33.4 Å². The van der Waals surface area contributed by atoms with E-state index >= 15 is 0 Å². The molecule has 0 amide bonds. The van der Waals surface area contributed by atoms with Gasteiger partial charge in [-0.25, -0.2) is 0 Å². The summed E-state index contributed by atoms with van der Waals surface area (Å²) in [6, 6.07) is 4.09. The van der Waals surface area contributed by atoms with Crippen LogP contribution in [0.15, 0.2) is 12.1 Å². The van der Waals surface area contributed by atoms with Gasteiger partial charge in [0, 0.05) is 11.6 Å². The Labute approximate surface area is 96.9 Å². The maximum atomic E-state index is 10.7. The average Bonchev–Trinajstić information content (AvgIpc) is 2.29. The zero-order valence-electron chi connectivity index (χ0n) is 8.99. The molecule has 0 saturated heterocycles. The van der Waals surface area contributed by atoms with E-state index in [9.17, 15) is 20.3 Å². The summed E-state index contributed by atoms with van der Waals surface area (Å²) in [4.78, 5) is 10.0. The second-order valence-corrected chi connectivity index (χ2v) is 3.56. The number of nitrogens with two attached hydrogens (primary N) is 1. The van der Waals surface area contributed by atoms with E-state index in [1.165, 1.54) is 18.2 Å². The van der Waals surface area contributed by atoms with Crippen LogP contribution in [0.1, 0.15) is 17.2 Å². The highest BCUT2D eigenvalue weighted by Crippen LogP contribution is 2.32. The third kappa shape index (κ3) is 2.50. The fraction of sp³-hybridized carbons (Fsp3) is 0.300. The van der Waals surface area contributed by atoms with E-state index in [4.69, 9.17) is 11.0 Å². The Balaban J connectivity index is 3.35. The van der Waals surface area contributed by atoms with Gasteiger partial charge in [-0.3, -0.25) is 10.1 Å². The first-order valence-corrected chi connectivity index (χ1v) is 4.68. The number of nitro groups is 1. The number of aliphatic hydroxyl groups is 2. The molecule has 1 aromatic carbocycles. The molecule has 0 heterocycles. The van der Waals surface area contributed by atoms with Gasteiger partial charge >= 0.3 is 0 Å². The fourth-order valence-electron chi connectivity index (χ4n) is 1.44. The summed E-state index contributed by atoms with van der Waals surface area (Å²) in [7, 11) is 0. The van der Waals surface area contributed by atoms with E-state index in [1.54, 1.807) is 6.92 Å². The number of nitrogens with zero attached hydrogens (tertiary/aromatic N) is 2. The summed E-state index contributed by atoms with van der Waals surface area (Å²) < 4.78 is 0. The molecule has 1 aromatic rings. The van der Waals surface area contributed by atoms with Crippen LogP contribution in [-0.4, -0.2) is 21.2 Å². The summed E-state index contributed by atoms with van der Waals surface area (Å²) in [5.74, 6) is 0. The van der Waals surface area contributed by atoms with E-state index in [1.807, 2.05) is 0 Å². The van der Waals surface area contributed by atoms with Crippen LogP contribution in [0.25, 0.3) is 0 Å². The van der Waals surface area contributed by atoms with Gasteiger partial charge in [0.15, 0.2) is 6.10 Å². The van der Waals surface area contributed by atoms with E-state index in [0.29, 0.717) is 5.56 Å². The molecule has 1 rings (SSSR count). The van der Waals surface area contributed by atoms with Crippen LogP contribution in [0.3, 0.4) is 0 Å². The number of nitriles is 1. The number of benzene rings is 1. The molecule has 7 heteroatoms. The molecule has 17 heavy (non-hydrogen) atoms. The van der Waals surface area contributed by atoms with Crippen molar-refractivity contribution in [3.63, 3.8) is 0 Å². The van der Waals surface area contributed by atoms with Crippen molar-refractivity contribution in [3.8, 4) is 6.07 Å². The topological polar surface area (TPSA) is 133 Å². The number of hydrogen-bond donors (Lipinski definition) is 3. The van der Waals surface area contributed by atoms with E-state index in [0.717, 1.165) is 0 Å². The maximum Gasteiger partial charge on any atom is 0.292 e. The number of aliphatic hydroxyl groups excluding tert-OH is 2. The molecule has 7 nitrogen and oxygen atoms in total. The van der Waals surface area contributed by atoms with Crippen LogP contribution in [-0.2, 0) is 0 Å². The monoisotopic (exact) mass is 237 g/mol. The third-order valence-electron chi connectivity index (χ3n) is 2.28. The minimum absolute atomic E-state index is 0.0225. The number of hydrogen-bond acceptors (Lipinski definition) is 6. The second-order valence-electron chi connectivity index (χ2n) is 3.56. The fourth-order valence-corrected chi connectivity index (χ4v) is 1.44. The first-order chi connectivity index (χ1) is 7.88. The lowest BCUT2D eigenvalue weighted by Gasteiger charge is -2.15. The summed E-state index contributed by atoms with van der Waals surface area (Å²) in [5.41, 5.74) is 5.40. The van der Waals surface area contributed by atoms with Gasteiger partial charge in [0.05, 0.1) is 11.0 Å². The Morgan fingerprint density at radius 3 is 2.59 bits per heavy atom. The lowest BCUT2D eigenvalue weighted by atomic mass is 9.99. The predicted molar refractivity (Wildman–Crippen MR) is 58.8 cm³/mol. The maximum absolute atomic E-state index is 10.7. The molecule has 0 spiro atoms. The van der Waals surface area contributed by atoms with Gasteiger partial charge in [-0.2, -0.15) is 5.26 Å². The highest BCUT2D eigenvalue weighted by atomic mass is 16.6. The van der Waals surface area contributed by atoms with Gasteiger partial charge in [-0.05, 0) is 12.5 Å². The molecule has 0 aliphatic heterocycles. The summed E-state index contributed by atoms with van der Waals surface area (Å²) in [6.07, 6.45) is -3.25. The number of nitrogen functional groups attached to an aromatic ring is 1. The quantitative estimate of drug-likeness (QED) is 0.301. The number of nitro benzene ring substituents is 1. The molecule has 4 N–H and O–H groups in total. The minimum Gasteiger partial charge on any atom is -0.393 e. The molecular weight excluding hydrogens is 226 g/mol. The van der Waals surface area contributed by atoms with Crippen molar-refractivity contribution in [1.82, 2.24) is 0 Å². The first kappa shape index (κ1) is 12.9. The van der Waals surface area contributed by atoms with Gasteiger partial charge < -0.3 is 15.9 Å². The van der Waals surface area contributed by atoms with Crippen molar-refractivity contribution < 1.29 is 15.1 Å². The molecule has 0 aliphatic rings. The van der Waals surface area contributed by atoms with Crippen LogP contribution >= 0.6 is 0 Å². The predicted octanol–water partition coefficient (Wildman–Crippen LogP) is 0.403. The van der Waals surface area contributed by atoms with Crippen molar-refractivity contribution in [1.29, 1.82) is 5.26 Å². The molecule has 0 aromatic heterocycles. The number of anilines is 1. The summed E-state index contributed by atoms with van der Waals surface area (Å²) in [6.45, 7) is 1.58. The Morgan fingerprint density at radius 1 is 1.53 bits per heavy atom. The highest BCUT2D eigenvalue weighted by molar-refractivity contribution is 5.65. The molecule has 0 saturated carbocycles. The van der Waals surface area contributed by atoms with Gasteiger partial charge in [0.25, 0.3) is 5.69 Å². The summed E-state index contributed by atoms with van der Waals surface area (Å²) >= 11 is 0. The van der Waals surface area contributed by atoms with Gasteiger partial charge in [-0.15, -0.1) is 0 Å². The van der Waals surface area contributed by atoms with E-state index in [-0.39, 0.29) is 16.9 Å². The molecule has 0 aliphatic carbocycles. The molecule has 2 unspecified atom stereocenters. The highest BCUT2D eigenvalue weighted by Gasteiger charge is 2.25. The minimum atomic E-state index is -1.68.